The van der Waals surface area contributed by atoms with Crippen molar-refractivity contribution in [1.82, 2.24) is 19.1 Å². The molecule has 0 aliphatic carbocycles. The van der Waals surface area contributed by atoms with Gasteiger partial charge in [0.25, 0.3) is 5.56 Å². The van der Waals surface area contributed by atoms with E-state index in [1.807, 2.05) is 20.8 Å². The minimum atomic E-state index is -2.90. The van der Waals surface area contributed by atoms with E-state index in [0.29, 0.717) is 35.6 Å². The highest BCUT2D eigenvalue weighted by atomic mass is 19.3. The van der Waals surface area contributed by atoms with Crippen LogP contribution in [0.1, 0.15) is 33.6 Å². The van der Waals surface area contributed by atoms with Gasteiger partial charge in [0.1, 0.15) is 11.6 Å². The summed E-state index contributed by atoms with van der Waals surface area (Å²) in [6.45, 7) is 4.09. The second kappa shape index (κ2) is 8.59. The van der Waals surface area contributed by atoms with Crippen molar-refractivity contribution >= 4 is 11.2 Å². The fraction of sp³-hybridized carbons (Fsp3) is 0.450. The Balaban J connectivity index is 2.21. The number of halogens is 2. The fourth-order valence-electron chi connectivity index (χ4n) is 3.24. The third-order valence-corrected chi connectivity index (χ3v) is 4.51. The van der Waals surface area contributed by atoms with E-state index >= 15 is 0 Å². The lowest BCUT2D eigenvalue weighted by atomic mass is 10.2. The number of hydrogen-bond donors (Lipinski definition) is 1. The van der Waals surface area contributed by atoms with Gasteiger partial charge in [0, 0.05) is 18.7 Å². The predicted octanol–water partition coefficient (Wildman–Crippen LogP) is 3.61. The van der Waals surface area contributed by atoms with Crippen LogP contribution in [-0.4, -0.2) is 25.7 Å². The number of ether oxygens (including phenoxy) is 1. The quantitative estimate of drug-likeness (QED) is 0.620. The summed E-state index contributed by atoms with van der Waals surface area (Å²) in [6, 6.07) is 6.07. The molecule has 156 valence electrons. The third kappa shape index (κ3) is 4.38. The number of imidazole rings is 1. The SMILES string of the molecule is CCCCn1c(=O)[nH]c(=O)c2c1nc(-c1ccc(OC(F)F)cc1)n2CC(C)C. The molecule has 0 spiro atoms. The standard InChI is InChI=1S/C20H24F2N4O3/c1-4-5-10-25-17-15(18(27)24-20(25)28)26(11-12(2)3)16(23-17)13-6-8-14(9-7-13)29-19(21)22/h6-9,12,19H,4-5,10-11H2,1-3H3,(H,24,27,28). The second-order valence-electron chi connectivity index (χ2n) is 7.28. The van der Waals surface area contributed by atoms with Gasteiger partial charge in [-0.2, -0.15) is 8.78 Å². The normalized spacial score (nSPS) is 11.7. The molecule has 29 heavy (non-hydrogen) atoms. The van der Waals surface area contributed by atoms with Crippen molar-refractivity contribution in [2.45, 2.75) is 53.3 Å². The van der Waals surface area contributed by atoms with Crippen LogP contribution in [0.25, 0.3) is 22.6 Å². The lowest BCUT2D eigenvalue weighted by molar-refractivity contribution is -0.0498. The molecule has 7 nitrogen and oxygen atoms in total. The van der Waals surface area contributed by atoms with E-state index in [-0.39, 0.29) is 11.7 Å². The zero-order chi connectivity index (χ0) is 21.1. The Bertz CT molecular complexity index is 1100. The summed E-state index contributed by atoms with van der Waals surface area (Å²) < 4.78 is 32.5. The molecule has 2 heterocycles. The maximum atomic E-state index is 12.6. The molecule has 3 aromatic rings. The maximum Gasteiger partial charge on any atom is 0.387 e. The maximum absolute atomic E-state index is 12.6. The van der Waals surface area contributed by atoms with E-state index in [0.717, 1.165) is 12.8 Å². The van der Waals surface area contributed by atoms with E-state index in [2.05, 4.69) is 14.7 Å². The molecule has 0 amide bonds. The lowest BCUT2D eigenvalue weighted by Gasteiger charge is -2.12. The van der Waals surface area contributed by atoms with Gasteiger partial charge >= 0.3 is 12.3 Å². The van der Waals surface area contributed by atoms with E-state index in [4.69, 9.17) is 0 Å². The molecule has 0 aliphatic heterocycles. The predicted molar refractivity (Wildman–Crippen MR) is 106 cm³/mol. The van der Waals surface area contributed by atoms with Crippen LogP contribution in [0.3, 0.4) is 0 Å². The number of nitrogens with one attached hydrogen (secondary N) is 1. The average molecular weight is 406 g/mol. The summed E-state index contributed by atoms with van der Waals surface area (Å²) >= 11 is 0. The molecule has 0 atom stereocenters. The Kier molecular flexibility index (Phi) is 6.14. The molecular formula is C20H24F2N4O3. The van der Waals surface area contributed by atoms with E-state index in [1.54, 1.807) is 16.7 Å². The molecule has 1 N–H and O–H groups in total. The van der Waals surface area contributed by atoms with Crippen LogP contribution >= 0.6 is 0 Å². The first-order valence-corrected chi connectivity index (χ1v) is 9.60. The van der Waals surface area contributed by atoms with Gasteiger partial charge in [-0.3, -0.25) is 14.3 Å². The molecule has 0 radical (unpaired) electrons. The number of alkyl halides is 2. The summed E-state index contributed by atoms with van der Waals surface area (Å²) in [5, 5.41) is 0. The molecule has 1 aromatic carbocycles. The summed E-state index contributed by atoms with van der Waals surface area (Å²) in [4.78, 5) is 32.0. The van der Waals surface area contributed by atoms with Crippen LogP contribution in [-0.2, 0) is 13.1 Å². The highest BCUT2D eigenvalue weighted by Crippen LogP contribution is 2.26. The molecule has 3 rings (SSSR count). The number of hydrogen-bond acceptors (Lipinski definition) is 4. The summed E-state index contributed by atoms with van der Waals surface area (Å²) in [6.07, 6.45) is 1.66. The van der Waals surface area contributed by atoms with Crippen molar-refractivity contribution in [3.63, 3.8) is 0 Å². The number of aromatic amines is 1. The van der Waals surface area contributed by atoms with Crippen molar-refractivity contribution in [2.75, 3.05) is 0 Å². The zero-order valence-corrected chi connectivity index (χ0v) is 16.6. The molecule has 0 aliphatic rings. The summed E-state index contributed by atoms with van der Waals surface area (Å²) in [5.74, 6) is 0.745. The van der Waals surface area contributed by atoms with Crippen LogP contribution in [0.2, 0.25) is 0 Å². The molecule has 0 saturated carbocycles. The van der Waals surface area contributed by atoms with Crippen LogP contribution in [0.15, 0.2) is 33.9 Å². The van der Waals surface area contributed by atoms with Crippen molar-refractivity contribution in [3.8, 4) is 17.1 Å². The van der Waals surface area contributed by atoms with Gasteiger partial charge in [-0.05, 0) is 36.6 Å². The molecular weight excluding hydrogens is 382 g/mol. The lowest BCUT2D eigenvalue weighted by Crippen LogP contribution is -2.31. The first-order chi connectivity index (χ1) is 13.8. The number of rotatable bonds is 8. The first-order valence-electron chi connectivity index (χ1n) is 9.60. The van der Waals surface area contributed by atoms with E-state index in [9.17, 15) is 18.4 Å². The summed E-state index contributed by atoms with van der Waals surface area (Å²) in [7, 11) is 0. The minimum absolute atomic E-state index is 0.0352. The highest BCUT2D eigenvalue weighted by molar-refractivity contribution is 5.77. The first kappa shape index (κ1) is 20.8. The minimum Gasteiger partial charge on any atom is -0.435 e. The van der Waals surface area contributed by atoms with Gasteiger partial charge in [-0.25, -0.2) is 9.78 Å². The highest BCUT2D eigenvalue weighted by Gasteiger charge is 2.20. The van der Waals surface area contributed by atoms with Gasteiger partial charge < -0.3 is 9.30 Å². The largest absolute Gasteiger partial charge is 0.435 e. The van der Waals surface area contributed by atoms with Crippen LogP contribution < -0.4 is 16.0 Å². The van der Waals surface area contributed by atoms with Crippen LogP contribution in [0.5, 0.6) is 5.75 Å². The average Bonchev–Trinajstić information content (AvgIpc) is 3.00. The Morgan fingerprint density at radius 2 is 1.83 bits per heavy atom. The number of unbranched alkanes of at least 4 members (excludes halogenated alkanes) is 1. The monoisotopic (exact) mass is 406 g/mol. The molecule has 0 saturated heterocycles. The number of fused-ring (bicyclic) bond motifs is 1. The molecule has 9 heteroatoms. The van der Waals surface area contributed by atoms with Gasteiger partial charge in [-0.15, -0.1) is 0 Å². The number of nitrogens with zero attached hydrogens (tertiary/aromatic N) is 3. The summed E-state index contributed by atoms with van der Waals surface area (Å²) in [5.41, 5.74) is 0.317. The third-order valence-electron chi connectivity index (χ3n) is 4.51. The Morgan fingerprint density at radius 3 is 2.41 bits per heavy atom. The second-order valence-corrected chi connectivity index (χ2v) is 7.28. The Hall–Kier alpha value is -2.97. The molecule has 0 bridgehead atoms. The number of benzene rings is 1. The van der Waals surface area contributed by atoms with Crippen LogP contribution in [0, 0.1) is 5.92 Å². The van der Waals surface area contributed by atoms with Gasteiger partial charge in [-0.1, -0.05) is 27.2 Å². The van der Waals surface area contributed by atoms with Crippen molar-refractivity contribution in [2.24, 2.45) is 5.92 Å². The number of aromatic nitrogens is 4. The fourth-order valence-corrected chi connectivity index (χ4v) is 3.24. The topological polar surface area (TPSA) is 81.9 Å². The Morgan fingerprint density at radius 1 is 1.14 bits per heavy atom. The van der Waals surface area contributed by atoms with Crippen molar-refractivity contribution in [3.05, 3.63) is 45.1 Å². The molecule has 0 unspecified atom stereocenters. The van der Waals surface area contributed by atoms with Gasteiger partial charge in [0.2, 0.25) is 0 Å². The van der Waals surface area contributed by atoms with Gasteiger partial charge in [0.05, 0.1) is 0 Å². The van der Waals surface area contributed by atoms with Crippen molar-refractivity contribution < 1.29 is 13.5 Å². The molecule has 0 fully saturated rings. The number of H-pyrrole nitrogens is 1. The van der Waals surface area contributed by atoms with Crippen molar-refractivity contribution in [1.29, 1.82) is 0 Å². The Labute approximate surface area is 166 Å². The van der Waals surface area contributed by atoms with Gasteiger partial charge in [0.15, 0.2) is 11.2 Å². The van der Waals surface area contributed by atoms with E-state index < -0.39 is 17.9 Å². The smallest absolute Gasteiger partial charge is 0.387 e. The molecule has 2 aromatic heterocycles. The zero-order valence-electron chi connectivity index (χ0n) is 16.6. The van der Waals surface area contributed by atoms with Crippen LogP contribution in [0.4, 0.5) is 8.78 Å². The number of aryl methyl sites for hydroxylation is 1. The van der Waals surface area contributed by atoms with E-state index in [1.165, 1.54) is 16.7 Å².